The van der Waals surface area contributed by atoms with Crippen molar-refractivity contribution in [3.8, 4) is 22.4 Å². The second-order valence-electron chi connectivity index (χ2n) is 5.73. The quantitative estimate of drug-likeness (QED) is 0.624. The van der Waals surface area contributed by atoms with Crippen molar-refractivity contribution in [2.24, 2.45) is 0 Å². The van der Waals surface area contributed by atoms with Crippen LogP contribution < -0.4 is 56.1 Å². The third-order valence-electron chi connectivity index (χ3n) is 3.93. The van der Waals surface area contributed by atoms with Gasteiger partial charge in [-0.2, -0.15) is 0 Å². The first-order chi connectivity index (χ1) is 12.4. The Kier molecular flexibility index (Phi) is 7.55. The van der Waals surface area contributed by atoms with Crippen LogP contribution in [0.3, 0.4) is 0 Å². The van der Waals surface area contributed by atoms with E-state index in [4.69, 9.17) is 4.52 Å². The summed E-state index contributed by atoms with van der Waals surface area (Å²) in [4.78, 5) is 11.4. The third-order valence-corrected chi connectivity index (χ3v) is 5.32. The van der Waals surface area contributed by atoms with Gasteiger partial charge >= 0.3 is 51.4 Å². The summed E-state index contributed by atoms with van der Waals surface area (Å²) in [5, 5.41) is 4.13. The maximum atomic E-state index is 12.2. The van der Waals surface area contributed by atoms with Gasteiger partial charge in [0, 0.05) is 12.0 Å². The fourth-order valence-electron chi connectivity index (χ4n) is 2.59. The molecule has 0 aliphatic rings. The van der Waals surface area contributed by atoms with E-state index in [9.17, 15) is 13.2 Å². The number of hydrogen-bond donors (Lipinski definition) is 1. The number of nitrogens with one attached hydrogen (secondary N) is 1. The first-order valence-corrected chi connectivity index (χ1v) is 9.58. The molecule has 6 nitrogen and oxygen atoms in total. The molecule has 0 fully saturated rings. The second-order valence-corrected chi connectivity index (χ2v) is 7.42. The van der Waals surface area contributed by atoms with E-state index in [1.807, 2.05) is 35.1 Å². The van der Waals surface area contributed by atoms with Crippen LogP contribution >= 0.6 is 0 Å². The van der Waals surface area contributed by atoms with Gasteiger partial charge in [0.2, 0.25) is 5.91 Å². The molecular formula is C19H19KN2O4S. The topological polar surface area (TPSA) is 89.3 Å². The third kappa shape index (κ3) is 4.95. The summed E-state index contributed by atoms with van der Waals surface area (Å²) >= 11 is 0. The number of carbonyl (C=O) groups excluding carboxylic acids is 1. The molecular weight excluding hydrogens is 391 g/mol. The number of amides is 1. The minimum atomic E-state index is -3.87. The number of aromatic nitrogens is 1. The van der Waals surface area contributed by atoms with Crippen LogP contribution in [-0.4, -0.2) is 19.5 Å². The van der Waals surface area contributed by atoms with E-state index in [-0.39, 0.29) is 64.1 Å². The van der Waals surface area contributed by atoms with E-state index >= 15 is 0 Å². The summed E-state index contributed by atoms with van der Waals surface area (Å²) in [6.07, 6.45) is 0.0949. The van der Waals surface area contributed by atoms with E-state index < -0.39 is 15.9 Å². The van der Waals surface area contributed by atoms with Crippen molar-refractivity contribution < 1.29 is 70.5 Å². The van der Waals surface area contributed by atoms with Crippen molar-refractivity contribution in [1.29, 1.82) is 0 Å². The zero-order chi connectivity index (χ0) is 18.7. The first-order valence-electron chi connectivity index (χ1n) is 8.10. The van der Waals surface area contributed by atoms with Gasteiger partial charge < -0.3 is 5.95 Å². The molecule has 1 aromatic heterocycles. The largest absolute Gasteiger partial charge is 1.00 e. The molecule has 8 heteroatoms. The van der Waals surface area contributed by atoms with Crippen molar-refractivity contribution in [3.63, 3.8) is 0 Å². The molecule has 2 aromatic carbocycles. The number of rotatable bonds is 5. The van der Waals surface area contributed by atoms with Gasteiger partial charge in [0.05, 0.1) is 10.5 Å². The summed E-state index contributed by atoms with van der Waals surface area (Å²) in [6, 6.07) is 15.9. The molecule has 0 atom stereocenters. The smallest absolute Gasteiger partial charge is 1.00 e. The van der Waals surface area contributed by atoms with Crippen molar-refractivity contribution in [2.45, 2.75) is 25.2 Å². The molecule has 0 spiro atoms. The summed E-state index contributed by atoms with van der Waals surface area (Å²) < 4.78 is 31.8. The Morgan fingerprint density at radius 2 is 1.70 bits per heavy atom. The van der Waals surface area contributed by atoms with Gasteiger partial charge in [-0.1, -0.05) is 54.5 Å². The van der Waals surface area contributed by atoms with Gasteiger partial charge in [0.15, 0.2) is 0 Å². The molecule has 3 rings (SSSR count). The molecule has 3 aromatic rings. The first kappa shape index (κ1) is 22.0. The van der Waals surface area contributed by atoms with Crippen LogP contribution in [-0.2, 0) is 14.8 Å². The van der Waals surface area contributed by atoms with E-state index in [1.54, 1.807) is 26.0 Å². The average molecular weight is 411 g/mol. The molecule has 1 amide bonds. The maximum absolute atomic E-state index is 12.2. The minimum Gasteiger partial charge on any atom is -1.00 e. The number of sulfonamides is 1. The summed E-state index contributed by atoms with van der Waals surface area (Å²) in [6.45, 7) is 3.40. The molecule has 0 radical (unpaired) electrons. The Labute approximate surface area is 202 Å². The van der Waals surface area contributed by atoms with Gasteiger partial charge in [0.25, 0.3) is 10.0 Å². The Bertz CT molecular complexity index is 1040. The maximum Gasteiger partial charge on any atom is 1.00 e. The standard InChI is InChI=1S/C19H18N2O4S.K.H/c1-3-17(22)21-26(23,24)16-11-9-14(10-12-16)18-13(2)25-20-19(18)15-7-5-4-6-8-15;;/h4-12H,3H2,1-2H3,(H,21,22);;/q;+1;-1. The van der Waals surface area contributed by atoms with Gasteiger partial charge in [-0.15, -0.1) is 0 Å². The molecule has 0 saturated heterocycles. The molecule has 0 bridgehead atoms. The fourth-order valence-corrected chi connectivity index (χ4v) is 3.64. The Morgan fingerprint density at radius 3 is 2.30 bits per heavy atom. The van der Waals surface area contributed by atoms with E-state index in [0.29, 0.717) is 11.5 Å². The summed E-state index contributed by atoms with van der Waals surface area (Å²) in [7, 11) is -3.87. The Morgan fingerprint density at radius 1 is 1.07 bits per heavy atom. The minimum absolute atomic E-state index is 0. The molecule has 1 N–H and O–H groups in total. The van der Waals surface area contributed by atoms with Crippen LogP contribution in [0.5, 0.6) is 0 Å². The van der Waals surface area contributed by atoms with Crippen molar-refractivity contribution >= 4 is 15.9 Å². The molecule has 0 aliphatic heterocycles. The summed E-state index contributed by atoms with van der Waals surface area (Å²) in [5.74, 6) is 0.0917. The predicted octanol–water partition coefficient (Wildman–Crippen LogP) is 0.648. The predicted molar refractivity (Wildman–Crippen MR) is 98.8 cm³/mol. The van der Waals surface area contributed by atoms with Crippen LogP contribution in [0.15, 0.2) is 64.0 Å². The van der Waals surface area contributed by atoms with Crippen molar-refractivity contribution in [3.05, 3.63) is 60.4 Å². The molecule has 136 valence electrons. The van der Waals surface area contributed by atoms with Gasteiger partial charge in [-0.25, -0.2) is 13.1 Å². The van der Waals surface area contributed by atoms with E-state index in [1.165, 1.54) is 12.1 Å². The fraction of sp³-hybridized carbons (Fsp3) is 0.158. The van der Waals surface area contributed by atoms with E-state index in [2.05, 4.69) is 5.16 Å². The number of carbonyl (C=O) groups is 1. The average Bonchev–Trinajstić information content (AvgIpc) is 3.03. The van der Waals surface area contributed by atoms with Crippen LogP contribution in [0.2, 0.25) is 0 Å². The van der Waals surface area contributed by atoms with Gasteiger partial charge in [0.1, 0.15) is 11.5 Å². The summed E-state index contributed by atoms with van der Waals surface area (Å²) in [5.41, 5.74) is 3.19. The van der Waals surface area contributed by atoms with Gasteiger partial charge in [-0.05, 0) is 24.6 Å². The Balaban J connectivity index is 0.00000196. The molecule has 0 saturated carbocycles. The van der Waals surface area contributed by atoms with Crippen molar-refractivity contribution in [2.75, 3.05) is 0 Å². The zero-order valence-corrected chi connectivity index (χ0v) is 19.3. The SMILES string of the molecule is CCC(=O)NS(=O)(=O)c1ccc(-c2c(-c3ccccc3)noc2C)cc1.[H-].[K+]. The molecule has 0 unspecified atom stereocenters. The van der Waals surface area contributed by atoms with Crippen LogP contribution in [0.25, 0.3) is 22.4 Å². The van der Waals surface area contributed by atoms with Crippen LogP contribution in [0, 0.1) is 6.92 Å². The number of nitrogens with zero attached hydrogens (tertiary/aromatic N) is 1. The number of benzene rings is 2. The molecule has 1 heterocycles. The normalized spacial score (nSPS) is 10.9. The number of aryl methyl sites for hydroxylation is 1. The van der Waals surface area contributed by atoms with E-state index in [0.717, 1.165) is 16.7 Å². The Hall–Kier alpha value is -1.29. The van der Waals surface area contributed by atoms with Gasteiger partial charge in [-0.3, -0.25) is 4.79 Å². The zero-order valence-electron chi connectivity index (χ0n) is 16.4. The number of hydrogen-bond acceptors (Lipinski definition) is 5. The van der Waals surface area contributed by atoms with Crippen LogP contribution in [0.1, 0.15) is 20.5 Å². The molecule has 0 aliphatic carbocycles. The molecule has 27 heavy (non-hydrogen) atoms. The second kappa shape index (κ2) is 9.27. The van der Waals surface area contributed by atoms with Crippen LogP contribution in [0.4, 0.5) is 0 Å². The monoisotopic (exact) mass is 410 g/mol. The van der Waals surface area contributed by atoms with Crippen molar-refractivity contribution in [1.82, 2.24) is 9.88 Å².